The van der Waals surface area contributed by atoms with E-state index in [9.17, 15) is 4.79 Å². The zero-order chi connectivity index (χ0) is 17.9. The largest absolute Gasteiger partial charge is 0.494 e. The lowest BCUT2D eigenvalue weighted by Crippen LogP contribution is -2.57. The molecule has 0 aliphatic carbocycles. The van der Waals surface area contributed by atoms with E-state index in [1.807, 2.05) is 48.2 Å². The van der Waals surface area contributed by atoms with Crippen molar-refractivity contribution in [3.05, 3.63) is 59.7 Å². The number of hydrogen-bond donors (Lipinski definition) is 1. The molecule has 0 radical (unpaired) electrons. The summed E-state index contributed by atoms with van der Waals surface area (Å²) in [7, 11) is 0. The molecule has 25 heavy (non-hydrogen) atoms. The molecule has 2 aromatic rings. The van der Waals surface area contributed by atoms with E-state index in [-0.39, 0.29) is 5.91 Å². The number of nitrogens with zero attached hydrogens (tertiary/aromatic N) is 1. The number of carbonyl (C=O) groups is 1. The van der Waals surface area contributed by atoms with E-state index >= 15 is 0 Å². The Kier molecular flexibility index (Phi) is 4.98. The SMILES string of the molecule is CCCN1C(=O)c2ccccc2NC1(CC)c1ccc(OCC)cc1. The Morgan fingerprint density at radius 2 is 1.76 bits per heavy atom. The lowest BCUT2D eigenvalue weighted by molar-refractivity contribution is 0.0483. The number of hydrogen-bond acceptors (Lipinski definition) is 3. The zero-order valence-corrected chi connectivity index (χ0v) is 15.2. The lowest BCUT2D eigenvalue weighted by atomic mass is 9.89. The highest BCUT2D eigenvalue weighted by Crippen LogP contribution is 2.40. The van der Waals surface area contributed by atoms with Crippen LogP contribution in [0.3, 0.4) is 0 Å². The number of rotatable bonds is 6. The molecule has 1 heterocycles. The summed E-state index contributed by atoms with van der Waals surface area (Å²) in [6, 6.07) is 15.8. The summed E-state index contributed by atoms with van der Waals surface area (Å²) in [6.07, 6.45) is 1.69. The van der Waals surface area contributed by atoms with Gasteiger partial charge in [-0.25, -0.2) is 0 Å². The third-order valence-corrected chi connectivity index (χ3v) is 4.81. The third kappa shape index (κ3) is 2.97. The molecule has 1 atom stereocenters. The van der Waals surface area contributed by atoms with Gasteiger partial charge in [0.15, 0.2) is 0 Å². The highest BCUT2D eigenvalue weighted by Gasteiger charge is 2.44. The monoisotopic (exact) mass is 338 g/mol. The summed E-state index contributed by atoms with van der Waals surface area (Å²) < 4.78 is 5.57. The number of benzene rings is 2. The fourth-order valence-electron chi connectivity index (χ4n) is 3.61. The van der Waals surface area contributed by atoms with Gasteiger partial charge < -0.3 is 15.0 Å². The maximum Gasteiger partial charge on any atom is 0.258 e. The number of nitrogens with one attached hydrogen (secondary N) is 1. The molecule has 0 fully saturated rings. The van der Waals surface area contributed by atoms with Crippen LogP contribution in [0, 0.1) is 0 Å². The van der Waals surface area contributed by atoms with Crippen molar-refractivity contribution in [3.63, 3.8) is 0 Å². The number of para-hydroxylation sites is 1. The molecule has 1 unspecified atom stereocenters. The Morgan fingerprint density at radius 1 is 1.04 bits per heavy atom. The topological polar surface area (TPSA) is 41.6 Å². The molecule has 3 rings (SSSR count). The van der Waals surface area contributed by atoms with Crippen molar-refractivity contribution in [3.8, 4) is 5.75 Å². The summed E-state index contributed by atoms with van der Waals surface area (Å²) in [5.74, 6) is 0.939. The van der Waals surface area contributed by atoms with Crippen LogP contribution in [-0.2, 0) is 5.66 Å². The summed E-state index contributed by atoms with van der Waals surface area (Å²) in [4.78, 5) is 15.2. The van der Waals surface area contributed by atoms with Crippen LogP contribution in [0.4, 0.5) is 5.69 Å². The van der Waals surface area contributed by atoms with Gasteiger partial charge in [0.05, 0.1) is 12.2 Å². The van der Waals surface area contributed by atoms with E-state index in [4.69, 9.17) is 4.74 Å². The average molecular weight is 338 g/mol. The Labute approximate surface area is 149 Å². The Bertz CT molecular complexity index is 742. The fraction of sp³-hybridized carbons (Fsp3) is 0.381. The van der Waals surface area contributed by atoms with Crippen LogP contribution in [0.1, 0.15) is 49.5 Å². The average Bonchev–Trinajstić information content (AvgIpc) is 2.65. The molecule has 0 spiro atoms. The zero-order valence-electron chi connectivity index (χ0n) is 15.2. The normalized spacial score (nSPS) is 19.3. The molecule has 0 aromatic heterocycles. The predicted octanol–water partition coefficient (Wildman–Crippen LogP) is 4.63. The first-order valence-corrected chi connectivity index (χ1v) is 9.08. The van der Waals surface area contributed by atoms with Crippen LogP contribution in [0.2, 0.25) is 0 Å². The summed E-state index contributed by atoms with van der Waals surface area (Å²) in [5.41, 5.74) is 2.18. The van der Waals surface area contributed by atoms with Crippen molar-refractivity contribution in [1.29, 1.82) is 0 Å². The van der Waals surface area contributed by atoms with Crippen molar-refractivity contribution >= 4 is 11.6 Å². The first kappa shape index (κ1) is 17.3. The van der Waals surface area contributed by atoms with Crippen molar-refractivity contribution in [2.75, 3.05) is 18.5 Å². The minimum atomic E-state index is -0.536. The number of anilines is 1. The van der Waals surface area contributed by atoms with Gasteiger partial charge in [-0.05, 0) is 49.6 Å². The van der Waals surface area contributed by atoms with Crippen molar-refractivity contribution in [2.24, 2.45) is 0 Å². The van der Waals surface area contributed by atoms with Crippen LogP contribution in [0.5, 0.6) is 5.75 Å². The molecule has 4 nitrogen and oxygen atoms in total. The first-order chi connectivity index (χ1) is 12.2. The van der Waals surface area contributed by atoms with E-state index in [1.165, 1.54) is 0 Å². The number of carbonyl (C=O) groups excluding carboxylic acids is 1. The second kappa shape index (κ2) is 7.18. The number of fused-ring (bicyclic) bond motifs is 1. The predicted molar refractivity (Wildman–Crippen MR) is 101 cm³/mol. The minimum Gasteiger partial charge on any atom is -0.494 e. The van der Waals surface area contributed by atoms with Gasteiger partial charge in [0.25, 0.3) is 5.91 Å². The van der Waals surface area contributed by atoms with Crippen LogP contribution in [-0.4, -0.2) is 24.0 Å². The van der Waals surface area contributed by atoms with Gasteiger partial charge in [0, 0.05) is 12.2 Å². The van der Waals surface area contributed by atoms with Gasteiger partial charge in [0.2, 0.25) is 0 Å². The highest BCUT2D eigenvalue weighted by atomic mass is 16.5. The third-order valence-electron chi connectivity index (χ3n) is 4.81. The molecular weight excluding hydrogens is 312 g/mol. The van der Waals surface area contributed by atoms with Gasteiger partial charge in [0.1, 0.15) is 11.4 Å². The van der Waals surface area contributed by atoms with Gasteiger partial charge in [-0.1, -0.05) is 38.1 Å². The Morgan fingerprint density at radius 3 is 2.40 bits per heavy atom. The van der Waals surface area contributed by atoms with Gasteiger partial charge in [-0.3, -0.25) is 4.79 Å². The molecule has 1 aliphatic heterocycles. The maximum atomic E-state index is 13.2. The Hall–Kier alpha value is -2.49. The van der Waals surface area contributed by atoms with E-state index in [1.54, 1.807) is 0 Å². The van der Waals surface area contributed by atoms with Gasteiger partial charge >= 0.3 is 0 Å². The molecule has 0 saturated heterocycles. The highest BCUT2D eigenvalue weighted by molar-refractivity contribution is 6.02. The van der Waals surface area contributed by atoms with Crippen molar-refractivity contribution in [2.45, 2.75) is 39.3 Å². The maximum absolute atomic E-state index is 13.2. The van der Waals surface area contributed by atoms with Crippen LogP contribution >= 0.6 is 0 Å². The smallest absolute Gasteiger partial charge is 0.258 e. The van der Waals surface area contributed by atoms with E-state index in [0.717, 1.165) is 35.4 Å². The minimum absolute atomic E-state index is 0.0898. The van der Waals surface area contributed by atoms with E-state index < -0.39 is 5.66 Å². The molecule has 1 aliphatic rings. The molecule has 2 aromatic carbocycles. The summed E-state index contributed by atoms with van der Waals surface area (Å²) >= 11 is 0. The number of ether oxygens (including phenoxy) is 1. The van der Waals surface area contributed by atoms with Crippen LogP contribution < -0.4 is 10.1 Å². The molecule has 0 saturated carbocycles. The standard InChI is InChI=1S/C21H26N2O2/c1-4-15-23-20(24)18-9-7-8-10-19(18)22-21(23,5-2)16-11-13-17(14-12-16)25-6-3/h7-14,22H,4-6,15H2,1-3H3. The Balaban J connectivity index is 2.09. The first-order valence-electron chi connectivity index (χ1n) is 9.08. The van der Waals surface area contributed by atoms with E-state index in [0.29, 0.717) is 13.2 Å². The molecule has 4 heteroatoms. The van der Waals surface area contributed by atoms with Gasteiger partial charge in [-0.15, -0.1) is 0 Å². The fourth-order valence-corrected chi connectivity index (χ4v) is 3.61. The van der Waals surface area contributed by atoms with Crippen molar-refractivity contribution < 1.29 is 9.53 Å². The molecule has 0 bridgehead atoms. The second-order valence-corrected chi connectivity index (χ2v) is 6.30. The van der Waals surface area contributed by atoms with Crippen LogP contribution in [0.25, 0.3) is 0 Å². The molecule has 1 N–H and O–H groups in total. The molecule has 1 amide bonds. The lowest BCUT2D eigenvalue weighted by Gasteiger charge is -2.48. The summed E-state index contributed by atoms with van der Waals surface area (Å²) in [6.45, 7) is 7.55. The van der Waals surface area contributed by atoms with E-state index in [2.05, 4.69) is 31.3 Å². The van der Waals surface area contributed by atoms with Crippen LogP contribution in [0.15, 0.2) is 48.5 Å². The van der Waals surface area contributed by atoms with Gasteiger partial charge in [-0.2, -0.15) is 0 Å². The molecule has 132 valence electrons. The molecular formula is C21H26N2O2. The number of amides is 1. The second-order valence-electron chi connectivity index (χ2n) is 6.30. The quantitative estimate of drug-likeness (QED) is 0.835. The summed E-state index contributed by atoms with van der Waals surface area (Å²) in [5, 5.41) is 3.66. The van der Waals surface area contributed by atoms with Crippen molar-refractivity contribution in [1.82, 2.24) is 4.90 Å².